The number of ether oxygens (including phenoxy) is 1. The SMILES string of the molecule is O=C(CCc1cc(-c2cccc(F)c2)n(-c2ccc(OC(F)(F)F)cc2)n1)NCc1cccc(F)c1. The highest BCUT2D eigenvalue weighted by Crippen LogP contribution is 2.28. The number of hydrogen-bond acceptors (Lipinski definition) is 3. The minimum atomic E-state index is -4.82. The highest BCUT2D eigenvalue weighted by atomic mass is 19.4. The van der Waals surface area contributed by atoms with Crippen LogP contribution in [0.25, 0.3) is 16.9 Å². The van der Waals surface area contributed by atoms with E-state index in [9.17, 15) is 26.7 Å². The average Bonchev–Trinajstić information content (AvgIpc) is 3.25. The van der Waals surface area contributed by atoms with E-state index in [-0.39, 0.29) is 31.0 Å². The van der Waals surface area contributed by atoms with Crippen LogP contribution in [-0.4, -0.2) is 22.1 Å². The zero-order chi connectivity index (χ0) is 25.7. The number of nitrogens with zero attached hydrogens (tertiary/aromatic N) is 2. The molecular formula is C26H20F5N3O2. The first-order valence-electron chi connectivity index (χ1n) is 10.9. The molecule has 0 aliphatic carbocycles. The summed E-state index contributed by atoms with van der Waals surface area (Å²) in [6, 6.07) is 18.5. The standard InChI is InChI=1S/C26H20F5N3O2/c27-19-5-1-3-17(13-19)16-32-25(35)12-7-21-15-24(18-4-2-6-20(28)14-18)34(33-21)22-8-10-23(11-9-22)36-26(29,30)31/h1-6,8-11,13-15H,7,12,16H2,(H,32,35). The van der Waals surface area contributed by atoms with Crippen LogP contribution in [0.5, 0.6) is 5.75 Å². The fraction of sp³-hybridized carbons (Fsp3) is 0.154. The summed E-state index contributed by atoms with van der Waals surface area (Å²) < 4.78 is 70.0. The number of carbonyl (C=O) groups excluding carboxylic acids is 1. The van der Waals surface area contributed by atoms with Crippen LogP contribution in [0.4, 0.5) is 22.0 Å². The maximum atomic E-state index is 13.9. The van der Waals surface area contributed by atoms with E-state index in [1.54, 1.807) is 24.3 Å². The molecule has 4 rings (SSSR count). The molecule has 0 unspecified atom stereocenters. The molecule has 1 aromatic heterocycles. The van der Waals surface area contributed by atoms with Crippen molar-refractivity contribution in [3.8, 4) is 22.7 Å². The van der Waals surface area contributed by atoms with E-state index in [1.165, 1.54) is 47.1 Å². The van der Waals surface area contributed by atoms with Crippen LogP contribution in [0.2, 0.25) is 0 Å². The Balaban J connectivity index is 1.52. The van der Waals surface area contributed by atoms with Crippen LogP contribution in [0.1, 0.15) is 17.7 Å². The highest BCUT2D eigenvalue weighted by Gasteiger charge is 2.31. The van der Waals surface area contributed by atoms with Gasteiger partial charge in [0, 0.05) is 24.9 Å². The zero-order valence-corrected chi connectivity index (χ0v) is 18.7. The summed E-state index contributed by atoms with van der Waals surface area (Å²) >= 11 is 0. The number of aromatic nitrogens is 2. The minimum Gasteiger partial charge on any atom is -0.406 e. The Morgan fingerprint density at radius 1 is 0.917 bits per heavy atom. The van der Waals surface area contributed by atoms with Gasteiger partial charge < -0.3 is 10.1 Å². The number of hydrogen-bond donors (Lipinski definition) is 1. The second-order valence-corrected chi connectivity index (χ2v) is 7.89. The first-order chi connectivity index (χ1) is 17.2. The molecule has 0 aliphatic heterocycles. The van der Waals surface area contributed by atoms with E-state index in [0.717, 1.165) is 12.1 Å². The van der Waals surface area contributed by atoms with Crippen molar-refractivity contribution in [2.45, 2.75) is 25.7 Å². The molecule has 1 amide bonds. The number of halogens is 5. The number of rotatable bonds is 8. The smallest absolute Gasteiger partial charge is 0.406 e. The molecule has 0 spiro atoms. The Kier molecular flexibility index (Phi) is 7.33. The predicted molar refractivity (Wildman–Crippen MR) is 122 cm³/mol. The molecule has 186 valence electrons. The maximum Gasteiger partial charge on any atom is 0.573 e. The van der Waals surface area contributed by atoms with Gasteiger partial charge in [0.1, 0.15) is 17.4 Å². The lowest BCUT2D eigenvalue weighted by Crippen LogP contribution is -2.23. The molecule has 0 fully saturated rings. The summed E-state index contributed by atoms with van der Waals surface area (Å²) in [5.41, 5.74) is 2.56. The Labute approximate surface area is 203 Å². The van der Waals surface area contributed by atoms with Gasteiger partial charge in [-0.2, -0.15) is 5.10 Å². The molecule has 0 saturated carbocycles. The normalized spacial score (nSPS) is 11.4. The Hall–Kier alpha value is -4.21. The third-order valence-corrected chi connectivity index (χ3v) is 5.18. The van der Waals surface area contributed by atoms with Gasteiger partial charge in [-0.1, -0.05) is 24.3 Å². The maximum absolute atomic E-state index is 13.9. The zero-order valence-electron chi connectivity index (χ0n) is 18.7. The van der Waals surface area contributed by atoms with Gasteiger partial charge in [-0.05, 0) is 60.2 Å². The number of carbonyl (C=O) groups is 1. The number of amides is 1. The summed E-state index contributed by atoms with van der Waals surface area (Å²) in [5.74, 6) is -1.52. The van der Waals surface area contributed by atoms with Gasteiger partial charge in [0.05, 0.1) is 17.1 Å². The van der Waals surface area contributed by atoms with Gasteiger partial charge in [0.25, 0.3) is 0 Å². The van der Waals surface area contributed by atoms with Gasteiger partial charge in [0.15, 0.2) is 0 Å². The fourth-order valence-corrected chi connectivity index (χ4v) is 3.57. The van der Waals surface area contributed by atoms with Crippen molar-refractivity contribution in [1.29, 1.82) is 0 Å². The van der Waals surface area contributed by atoms with Crippen LogP contribution >= 0.6 is 0 Å². The summed E-state index contributed by atoms with van der Waals surface area (Å²) in [7, 11) is 0. The summed E-state index contributed by atoms with van der Waals surface area (Å²) in [6.45, 7) is 0.173. The van der Waals surface area contributed by atoms with E-state index in [4.69, 9.17) is 0 Å². The molecule has 4 aromatic rings. The highest BCUT2D eigenvalue weighted by molar-refractivity contribution is 5.76. The van der Waals surface area contributed by atoms with Crippen molar-refractivity contribution in [2.24, 2.45) is 0 Å². The lowest BCUT2D eigenvalue weighted by Gasteiger charge is -2.11. The molecule has 0 saturated heterocycles. The molecule has 0 aliphatic rings. The topological polar surface area (TPSA) is 56.2 Å². The van der Waals surface area contributed by atoms with Gasteiger partial charge >= 0.3 is 6.36 Å². The Morgan fingerprint density at radius 2 is 1.61 bits per heavy atom. The van der Waals surface area contributed by atoms with Crippen molar-refractivity contribution >= 4 is 5.91 Å². The molecule has 0 radical (unpaired) electrons. The molecule has 0 atom stereocenters. The molecule has 10 heteroatoms. The first-order valence-corrected chi connectivity index (χ1v) is 10.9. The van der Waals surface area contributed by atoms with Crippen molar-refractivity contribution < 1.29 is 31.5 Å². The number of nitrogens with one attached hydrogen (secondary N) is 1. The van der Waals surface area contributed by atoms with Crippen molar-refractivity contribution in [3.63, 3.8) is 0 Å². The Morgan fingerprint density at radius 3 is 2.28 bits per heavy atom. The van der Waals surface area contributed by atoms with E-state index in [2.05, 4.69) is 15.2 Å². The van der Waals surface area contributed by atoms with Crippen LogP contribution in [0, 0.1) is 11.6 Å². The average molecular weight is 501 g/mol. The first kappa shape index (κ1) is 24.9. The van der Waals surface area contributed by atoms with Crippen molar-refractivity contribution in [1.82, 2.24) is 15.1 Å². The number of benzene rings is 3. The van der Waals surface area contributed by atoms with Crippen LogP contribution in [0.15, 0.2) is 78.9 Å². The number of aryl methyl sites for hydroxylation is 1. The molecule has 3 aromatic carbocycles. The molecular weight excluding hydrogens is 481 g/mol. The van der Waals surface area contributed by atoms with Gasteiger partial charge in [-0.3, -0.25) is 4.79 Å². The van der Waals surface area contributed by atoms with Crippen molar-refractivity contribution in [2.75, 3.05) is 0 Å². The van der Waals surface area contributed by atoms with Crippen LogP contribution < -0.4 is 10.1 Å². The van der Waals surface area contributed by atoms with E-state index >= 15 is 0 Å². The third kappa shape index (κ3) is 6.68. The van der Waals surface area contributed by atoms with E-state index < -0.39 is 18.0 Å². The second kappa shape index (κ2) is 10.6. The quantitative estimate of drug-likeness (QED) is 0.303. The summed E-state index contributed by atoms with van der Waals surface area (Å²) in [6.07, 6.45) is -4.48. The van der Waals surface area contributed by atoms with E-state index in [0.29, 0.717) is 28.2 Å². The summed E-state index contributed by atoms with van der Waals surface area (Å²) in [4.78, 5) is 12.3. The third-order valence-electron chi connectivity index (χ3n) is 5.18. The lowest BCUT2D eigenvalue weighted by atomic mass is 10.1. The monoisotopic (exact) mass is 501 g/mol. The molecule has 1 heterocycles. The van der Waals surface area contributed by atoms with Gasteiger partial charge in [-0.15, -0.1) is 13.2 Å². The number of alkyl halides is 3. The largest absolute Gasteiger partial charge is 0.573 e. The van der Waals surface area contributed by atoms with Crippen LogP contribution in [0.3, 0.4) is 0 Å². The minimum absolute atomic E-state index is 0.0906. The van der Waals surface area contributed by atoms with E-state index in [1.807, 2.05) is 0 Å². The van der Waals surface area contributed by atoms with Crippen molar-refractivity contribution in [3.05, 3.63) is 102 Å². The fourth-order valence-electron chi connectivity index (χ4n) is 3.57. The van der Waals surface area contributed by atoms with Gasteiger partial charge in [-0.25, -0.2) is 13.5 Å². The summed E-state index contributed by atoms with van der Waals surface area (Å²) in [5, 5.41) is 7.21. The molecule has 36 heavy (non-hydrogen) atoms. The van der Waals surface area contributed by atoms with Gasteiger partial charge in [0.2, 0.25) is 5.91 Å². The predicted octanol–water partition coefficient (Wildman–Crippen LogP) is 5.97. The lowest BCUT2D eigenvalue weighted by molar-refractivity contribution is -0.274. The van der Waals surface area contributed by atoms with Crippen LogP contribution in [-0.2, 0) is 17.8 Å². The molecule has 5 nitrogen and oxygen atoms in total. The second-order valence-electron chi connectivity index (χ2n) is 7.89. The molecule has 1 N–H and O–H groups in total. The Bertz CT molecular complexity index is 1350. The molecule has 0 bridgehead atoms.